The molecule has 2 aromatic carbocycles. The van der Waals surface area contributed by atoms with Gasteiger partial charge < -0.3 is 22.1 Å². The average molecular weight is 352 g/mol. The number of hydrogen-bond donors (Lipinski definition) is 4. The third-order valence-electron chi connectivity index (χ3n) is 4.69. The van der Waals surface area contributed by atoms with Crippen molar-refractivity contribution >= 4 is 23.2 Å². The maximum absolute atomic E-state index is 12.4. The van der Waals surface area contributed by atoms with Crippen LogP contribution in [0.2, 0.25) is 0 Å². The Morgan fingerprint density at radius 2 is 1.12 bits per heavy atom. The summed E-state index contributed by atoms with van der Waals surface area (Å²) in [5, 5.41) is 6.11. The monoisotopic (exact) mass is 352 g/mol. The molecular formula is C20H24N4O2. The summed E-state index contributed by atoms with van der Waals surface area (Å²) in [6, 6.07) is 13.8. The first kappa shape index (κ1) is 17.8. The number of carbonyl (C=O) groups excluding carboxylic acids is 2. The van der Waals surface area contributed by atoms with Crippen molar-refractivity contribution in [1.29, 1.82) is 0 Å². The van der Waals surface area contributed by atoms with Gasteiger partial charge in [0.05, 0.1) is 0 Å². The van der Waals surface area contributed by atoms with E-state index in [0.29, 0.717) is 22.5 Å². The van der Waals surface area contributed by atoms with Crippen molar-refractivity contribution in [1.82, 2.24) is 10.6 Å². The molecule has 26 heavy (non-hydrogen) atoms. The van der Waals surface area contributed by atoms with Crippen LogP contribution in [0.3, 0.4) is 0 Å². The van der Waals surface area contributed by atoms with Gasteiger partial charge in [-0.2, -0.15) is 0 Å². The number of nitrogen functional groups attached to an aromatic ring is 2. The molecule has 6 heteroatoms. The highest BCUT2D eigenvalue weighted by atomic mass is 16.2. The van der Waals surface area contributed by atoms with Crippen LogP contribution >= 0.6 is 0 Å². The third-order valence-corrected chi connectivity index (χ3v) is 4.69. The molecule has 6 N–H and O–H groups in total. The summed E-state index contributed by atoms with van der Waals surface area (Å²) < 4.78 is 0. The lowest BCUT2D eigenvalue weighted by Gasteiger charge is -2.30. The number of nitrogens with two attached hydrogens (primary N) is 2. The number of anilines is 2. The molecule has 2 unspecified atom stereocenters. The summed E-state index contributed by atoms with van der Waals surface area (Å²) in [5.74, 6) is -0.221. The minimum absolute atomic E-state index is 0.0468. The Balaban J connectivity index is 1.55. The fraction of sp³-hybridized carbons (Fsp3) is 0.300. The third kappa shape index (κ3) is 4.53. The largest absolute Gasteiger partial charge is 0.399 e. The molecule has 0 heterocycles. The molecule has 0 aliphatic heterocycles. The van der Waals surface area contributed by atoms with Crippen molar-refractivity contribution in [3.8, 4) is 0 Å². The maximum Gasteiger partial charge on any atom is 0.251 e. The lowest BCUT2D eigenvalue weighted by Crippen LogP contribution is -2.45. The van der Waals surface area contributed by atoms with Crippen LogP contribution in [-0.2, 0) is 0 Å². The first-order valence-electron chi connectivity index (χ1n) is 8.84. The van der Waals surface area contributed by atoms with Crippen LogP contribution in [0, 0.1) is 0 Å². The molecule has 1 saturated carbocycles. The van der Waals surface area contributed by atoms with E-state index in [1.807, 2.05) is 0 Å². The van der Waals surface area contributed by atoms with Crippen LogP contribution in [0.15, 0.2) is 48.5 Å². The van der Waals surface area contributed by atoms with E-state index in [4.69, 9.17) is 11.5 Å². The van der Waals surface area contributed by atoms with Gasteiger partial charge in [-0.05, 0) is 74.2 Å². The lowest BCUT2D eigenvalue weighted by molar-refractivity contribution is 0.0903. The van der Waals surface area contributed by atoms with Gasteiger partial charge in [0.15, 0.2) is 0 Å². The topological polar surface area (TPSA) is 110 Å². The Kier molecular flexibility index (Phi) is 5.41. The first-order chi connectivity index (χ1) is 12.5. The van der Waals surface area contributed by atoms with E-state index < -0.39 is 0 Å². The van der Waals surface area contributed by atoms with Gasteiger partial charge in [0.2, 0.25) is 0 Å². The highest BCUT2D eigenvalue weighted by molar-refractivity contribution is 5.95. The predicted octanol–water partition coefficient (Wildman–Crippen LogP) is 2.32. The van der Waals surface area contributed by atoms with Gasteiger partial charge in [0.1, 0.15) is 0 Å². The molecule has 1 aliphatic rings. The van der Waals surface area contributed by atoms with Crippen molar-refractivity contribution < 1.29 is 9.59 Å². The summed E-state index contributed by atoms with van der Waals surface area (Å²) in [6.45, 7) is 0. The Hall–Kier alpha value is -3.02. The molecule has 6 nitrogen and oxygen atoms in total. The number of rotatable bonds is 4. The van der Waals surface area contributed by atoms with Crippen LogP contribution in [0.5, 0.6) is 0 Å². The normalized spacial score (nSPS) is 19.5. The Morgan fingerprint density at radius 3 is 1.50 bits per heavy atom. The molecule has 3 rings (SSSR count). The van der Waals surface area contributed by atoms with E-state index in [1.54, 1.807) is 48.5 Å². The number of carbonyl (C=O) groups is 2. The summed E-state index contributed by atoms with van der Waals surface area (Å²) >= 11 is 0. The van der Waals surface area contributed by atoms with Crippen molar-refractivity contribution in [2.45, 2.75) is 37.8 Å². The van der Waals surface area contributed by atoms with Crippen LogP contribution in [0.1, 0.15) is 46.4 Å². The first-order valence-corrected chi connectivity index (χ1v) is 8.84. The van der Waals surface area contributed by atoms with Crippen LogP contribution in [-0.4, -0.2) is 23.9 Å². The average Bonchev–Trinajstić information content (AvgIpc) is 2.63. The number of hydrogen-bond acceptors (Lipinski definition) is 4. The quantitative estimate of drug-likeness (QED) is 0.633. The minimum atomic E-state index is -0.111. The molecule has 0 bridgehead atoms. The second-order valence-electron chi connectivity index (χ2n) is 6.75. The minimum Gasteiger partial charge on any atom is -0.399 e. The SMILES string of the molecule is Nc1ccc(C(=O)NC2CCCC(NC(=O)c3ccc(N)cc3)C2)cc1. The standard InChI is InChI=1S/C20H24N4O2/c21-15-8-4-13(5-9-15)19(25)23-17-2-1-3-18(12-17)24-20(26)14-6-10-16(22)11-7-14/h4-11,17-18H,1-3,12,21-22H2,(H,23,25)(H,24,26). The second kappa shape index (κ2) is 7.91. The number of nitrogens with one attached hydrogen (secondary N) is 2. The lowest BCUT2D eigenvalue weighted by atomic mass is 9.90. The molecule has 0 spiro atoms. The van der Waals surface area contributed by atoms with Crippen molar-refractivity contribution in [3.05, 3.63) is 59.7 Å². The van der Waals surface area contributed by atoms with Crippen molar-refractivity contribution in [2.75, 3.05) is 11.5 Å². The molecule has 0 aromatic heterocycles. The Morgan fingerprint density at radius 1 is 0.731 bits per heavy atom. The molecule has 1 aliphatic carbocycles. The van der Waals surface area contributed by atoms with Gasteiger partial charge in [-0.15, -0.1) is 0 Å². The maximum atomic E-state index is 12.4. The van der Waals surface area contributed by atoms with Gasteiger partial charge in [-0.25, -0.2) is 0 Å². The summed E-state index contributed by atoms with van der Waals surface area (Å²) in [5.41, 5.74) is 13.7. The Labute approximate surface area is 153 Å². The zero-order valence-electron chi connectivity index (χ0n) is 14.6. The van der Waals surface area contributed by atoms with E-state index in [0.717, 1.165) is 25.7 Å². The number of benzene rings is 2. The molecular weight excluding hydrogens is 328 g/mol. The van der Waals surface area contributed by atoms with Gasteiger partial charge in [-0.1, -0.05) is 0 Å². The van der Waals surface area contributed by atoms with Gasteiger partial charge in [-0.3, -0.25) is 9.59 Å². The summed E-state index contributed by atoms with van der Waals surface area (Å²) in [6.07, 6.45) is 3.50. The zero-order valence-corrected chi connectivity index (χ0v) is 14.6. The van der Waals surface area contributed by atoms with E-state index >= 15 is 0 Å². The summed E-state index contributed by atoms with van der Waals surface area (Å²) in [7, 11) is 0. The molecule has 2 aromatic rings. The van der Waals surface area contributed by atoms with E-state index in [1.165, 1.54) is 0 Å². The summed E-state index contributed by atoms with van der Waals surface area (Å²) in [4.78, 5) is 24.7. The van der Waals surface area contributed by atoms with Crippen LogP contribution in [0.4, 0.5) is 11.4 Å². The fourth-order valence-electron chi connectivity index (χ4n) is 3.26. The molecule has 136 valence electrons. The highest BCUT2D eigenvalue weighted by Crippen LogP contribution is 2.20. The molecule has 2 amide bonds. The highest BCUT2D eigenvalue weighted by Gasteiger charge is 2.25. The predicted molar refractivity (Wildman–Crippen MR) is 103 cm³/mol. The van der Waals surface area contributed by atoms with Crippen LogP contribution < -0.4 is 22.1 Å². The van der Waals surface area contributed by atoms with Crippen molar-refractivity contribution in [2.24, 2.45) is 0 Å². The van der Waals surface area contributed by atoms with E-state index in [9.17, 15) is 9.59 Å². The van der Waals surface area contributed by atoms with Crippen LogP contribution in [0.25, 0.3) is 0 Å². The van der Waals surface area contributed by atoms with E-state index in [-0.39, 0.29) is 23.9 Å². The molecule has 2 atom stereocenters. The van der Waals surface area contributed by atoms with E-state index in [2.05, 4.69) is 10.6 Å². The van der Waals surface area contributed by atoms with Gasteiger partial charge >= 0.3 is 0 Å². The zero-order chi connectivity index (χ0) is 18.5. The molecule has 0 saturated heterocycles. The van der Waals surface area contributed by atoms with Crippen molar-refractivity contribution in [3.63, 3.8) is 0 Å². The Bertz CT molecular complexity index is 706. The van der Waals surface area contributed by atoms with Gasteiger partial charge in [0.25, 0.3) is 11.8 Å². The smallest absolute Gasteiger partial charge is 0.251 e. The second-order valence-corrected chi connectivity index (χ2v) is 6.75. The van der Waals surface area contributed by atoms with Gasteiger partial charge in [0, 0.05) is 34.6 Å². The number of amides is 2. The molecule has 1 fully saturated rings. The fourth-order valence-corrected chi connectivity index (χ4v) is 3.26. The molecule has 0 radical (unpaired) electrons.